The largest absolute Gasteiger partial charge is 0.352 e. The molecule has 0 aliphatic rings. The Morgan fingerprint density at radius 2 is 1.86 bits per heavy atom. The van der Waals surface area contributed by atoms with Crippen LogP contribution in [0.25, 0.3) is 0 Å². The highest BCUT2D eigenvalue weighted by Gasteiger charge is 2.18. The molecule has 0 fully saturated rings. The summed E-state index contributed by atoms with van der Waals surface area (Å²) >= 11 is 3.12. The third-order valence-corrected chi connectivity index (χ3v) is 2.63. The number of halogens is 2. The van der Waals surface area contributed by atoms with Gasteiger partial charge in [-0.15, -0.1) is 0 Å². The molecule has 1 aromatic carbocycles. The topological polar surface area (TPSA) is 18.5 Å². The zero-order chi connectivity index (χ0) is 10.7. The Balaban J connectivity index is 3.23. The van der Waals surface area contributed by atoms with Crippen LogP contribution in [-0.2, 0) is 9.47 Å². The third kappa shape index (κ3) is 2.13. The van der Waals surface area contributed by atoms with Gasteiger partial charge in [0.2, 0.25) is 0 Å². The highest BCUT2D eigenvalue weighted by Crippen LogP contribution is 2.29. The first kappa shape index (κ1) is 11.6. The van der Waals surface area contributed by atoms with Crippen LogP contribution in [-0.4, -0.2) is 14.2 Å². The van der Waals surface area contributed by atoms with Gasteiger partial charge in [-0.05, 0) is 34.5 Å². The van der Waals surface area contributed by atoms with Crippen molar-refractivity contribution in [2.45, 2.75) is 13.2 Å². The fourth-order valence-corrected chi connectivity index (χ4v) is 1.63. The minimum Gasteiger partial charge on any atom is -0.352 e. The van der Waals surface area contributed by atoms with Crippen LogP contribution >= 0.6 is 15.9 Å². The van der Waals surface area contributed by atoms with Crippen LogP contribution in [0.1, 0.15) is 17.4 Å². The number of hydrogen-bond acceptors (Lipinski definition) is 2. The lowest BCUT2D eigenvalue weighted by Crippen LogP contribution is -2.08. The maximum Gasteiger partial charge on any atom is 0.186 e. The van der Waals surface area contributed by atoms with Crippen LogP contribution < -0.4 is 0 Å². The van der Waals surface area contributed by atoms with Crippen molar-refractivity contribution in [2.24, 2.45) is 0 Å². The SMILES string of the molecule is COC(OC)c1c(C)ccc(Br)c1F. The summed E-state index contributed by atoms with van der Waals surface area (Å²) in [5, 5.41) is 0. The van der Waals surface area contributed by atoms with E-state index in [0.29, 0.717) is 10.0 Å². The molecule has 14 heavy (non-hydrogen) atoms. The summed E-state index contributed by atoms with van der Waals surface area (Å²) in [6.07, 6.45) is -0.660. The van der Waals surface area contributed by atoms with Crippen LogP contribution in [0.15, 0.2) is 16.6 Å². The second-order valence-corrected chi connectivity index (χ2v) is 3.75. The Labute approximate surface area is 91.2 Å². The predicted molar refractivity (Wildman–Crippen MR) is 55.6 cm³/mol. The molecule has 0 aliphatic heterocycles. The van der Waals surface area contributed by atoms with Gasteiger partial charge in [-0.1, -0.05) is 6.07 Å². The van der Waals surface area contributed by atoms with E-state index in [1.807, 2.05) is 13.0 Å². The first-order valence-corrected chi connectivity index (χ1v) is 4.91. The van der Waals surface area contributed by atoms with Crippen molar-refractivity contribution in [3.63, 3.8) is 0 Å². The molecule has 0 N–H and O–H groups in total. The second kappa shape index (κ2) is 4.87. The number of benzene rings is 1. The Hall–Kier alpha value is -0.450. The van der Waals surface area contributed by atoms with Gasteiger partial charge >= 0.3 is 0 Å². The van der Waals surface area contributed by atoms with Crippen LogP contribution in [0.3, 0.4) is 0 Å². The molecule has 78 valence electrons. The van der Waals surface area contributed by atoms with Gasteiger partial charge in [0.15, 0.2) is 6.29 Å². The molecule has 0 aromatic heterocycles. The molecule has 0 amide bonds. The summed E-state index contributed by atoms with van der Waals surface area (Å²) in [4.78, 5) is 0. The average molecular weight is 263 g/mol. The lowest BCUT2D eigenvalue weighted by Gasteiger charge is -2.17. The van der Waals surface area contributed by atoms with Crippen molar-refractivity contribution in [1.29, 1.82) is 0 Å². The molecule has 2 nitrogen and oxygen atoms in total. The zero-order valence-electron chi connectivity index (χ0n) is 8.30. The van der Waals surface area contributed by atoms with Gasteiger partial charge in [0.05, 0.1) is 4.47 Å². The molecular weight excluding hydrogens is 251 g/mol. The molecule has 1 aromatic rings. The molecule has 0 spiro atoms. The van der Waals surface area contributed by atoms with Crippen molar-refractivity contribution in [2.75, 3.05) is 14.2 Å². The normalized spacial score (nSPS) is 11.0. The van der Waals surface area contributed by atoms with Crippen LogP contribution in [0.4, 0.5) is 4.39 Å². The van der Waals surface area contributed by atoms with Gasteiger partial charge in [-0.3, -0.25) is 0 Å². The van der Waals surface area contributed by atoms with Gasteiger partial charge < -0.3 is 9.47 Å². The Bertz CT molecular complexity index is 324. The number of rotatable bonds is 3. The maximum absolute atomic E-state index is 13.7. The van der Waals surface area contributed by atoms with E-state index >= 15 is 0 Å². The standard InChI is InChI=1S/C10H12BrFO2/c1-6-4-5-7(11)9(12)8(6)10(13-2)14-3/h4-5,10H,1-3H3. The lowest BCUT2D eigenvalue weighted by molar-refractivity contribution is -0.108. The monoisotopic (exact) mass is 262 g/mol. The fraction of sp³-hybridized carbons (Fsp3) is 0.400. The van der Waals surface area contributed by atoms with E-state index in [1.54, 1.807) is 6.07 Å². The smallest absolute Gasteiger partial charge is 0.186 e. The highest BCUT2D eigenvalue weighted by atomic mass is 79.9. The summed E-state index contributed by atoms with van der Waals surface area (Å²) in [6, 6.07) is 3.48. The van der Waals surface area contributed by atoms with E-state index in [9.17, 15) is 4.39 Å². The first-order valence-electron chi connectivity index (χ1n) is 4.12. The van der Waals surface area contributed by atoms with Crippen LogP contribution in [0, 0.1) is 12.7 Å². The van der Waals surface area contributed by atoms with Crippen molar-refractivity contribution >= 4 is 15.9 Å². The van der Waals surface area contributed by atoms with E-state index in [1.165, 1.54) is 14.2 Å². The highest BCUT2D eigenvalue weighted by molar-refractivity contribution is 9.10. The summed E-state index contributed by atoms with van der Waals surface area (Å²) < 4.78 is 24.1. The minimum atomic E-state index is -0.660. The molecule has 4 heteroatoms. The quantitative estimate of drug-likeness (QED) is 0.780. The number of methoxy groups -OCH3 is 2. The molecule has 0 atom stereocenters. The minimum absolute atomic E-state index is 0.335. The van der Waals surface area contributed by atoms with Gasteiger partial charge in [0, 0.05) is 19.8 Å². The Kier molecular flexibility index (Phi) is 4.04. The van der Waals surface area contributed by atoms with Gasteiger partial charge in [0.25, 0.3) is 0 Å². The van der Waals surface area contributed by atoms with Crippen molar-refractivity contribution in [3.05, 3.63) is 33.5 Å². The average Bonchev–Trinajstić information content (AvgIpc) is 2.19. The maximum atomic E-state index is 13.7. The fourth-order valence-electron chi connectivity index (χ4n) is 1.28. The van der Waals surface area contributed by atoms with Crippen LogP contribution in [0.2, 0.25) is 0 Å². The van der Waals surface area contributed by atoms with Crippen molar-refractivity contribution < 1.29 is 13.9 Å². The van der Waals surface area contributed by atoms with E-state index < -0.39 is 6.29 Å². The molecule has 0 heterocycles. The molecule has 0 saturated heterocycles. The van der Waals surface area contributed by atoms with Crippen LogP contribution in [0.5, 0.6) is 0 Å². The summed E-state index contributed by atoms with van der Waals surface area (Å²) in [5.74, 6) is -0.335. The predicted octanol–water partition coefficient (Wildman–Crippen LogP) is 3.19. The van der Waals surface area contributed by atoms with E-state index in [2.05, 4.69) is 15.9 Å². The molecule has 0 saturated carbocycles. The third-order valence-electron chi connectivity index (χ3n) is 2.01. The molecule has 0 unspecified atom stereocenters. The zero-order valence-corrected chi connectivity index (χ0v) is 9.89. The van der Waals surface area contributed by atoms with E-state index in [4.69, 9.17) is 9.47 Å². The molecule has 0 aliphatic carbocycles. The first-order chi connectivity index (χ1) is 6.61. The second-order valence-electron chi connectivity index (χ2n) is 2.90. The summed E-state index contributed by atoms with van der Waals surface area (Å²) in [5.41, 5.74) is 1.24. The molecule has 0 radical (unpaired) electrons. The van der Waals surface area contributed by atoms with E-state index in [-0.39, 0.29) is 5.82 Å². The van der Waals surface area contributed by atoms with Crippen molar-refractivity contribution in [1.82, 2.24) is 0 Å². The van der Waals surface area contributed by atoms with Gasteiger partial charge in [-0.25, -0.2) is 4.39 Å². The number of ether oxygens (including phenoxy) is 2. The summed E-state index contributed by atoms with van der Waals surface area (Å²) in [6.45, 7) is 1.82. The summed E-state index contributed by atoms with van der Waals surface area (Å²) in [7, 11) is 2.96. The van der Waals surface area contributed by atoms with Gasteiger partial charge in [-0.2, -0.15) is 0 Å². The molecule has 1 rings (SSSR count). The Morgan fingerprint density at radius 3 is 2.36 bits per heavy atom. The number of aryl methyl sites for hydroxylation is 1. The number of hydrogen-bond donors (Lipinski definition) is 0. The van der Waals surface area contributed by atoms with Crippen molar-refractivity contribution in [3.8, 4) is 0 Å². The van der Waals surface area contributed by atoms with E-state index in [0.717, 1.165) is 5.56 Å². The Morgan fingerprint density at radius 1 is 1.29 bits per heavy atom. The molecule has 0 bridgehead atoms. The lowest BCUT2D eigenvalue weighted by atomic mass is 10.1. The van der Waals surface area contributed by atoms with Gasteiger partial charge in [0.1, 0.15) is 5.82 Å². The molecular formula is C10H12BrFO2.